The minimum Gasteiger partial charge on any atom is -0.334 e. The van der Waals surface area contributed by atoms with Crippen LogP contribution in [0, 0.1) is 6.92 Å². The molecular weight excluding hydrogens is 406 g/mol. The number of thioether (sulfide) groups is 1. The lowest BCUT2D eigenvalue weighted by Crippen LogP contribution is -2.32. The lowest BCUT2D eigenvalue weighted by atomic mass is 9.84. The molecule has 1 aromatic heterocycles. The van der Waals surface area contributed by atoms with Crippen LogP contribution in [0.4, 0.5) is 5.69 Å². The lowest BCUT2D eigenvalue weighted by Gasteiger charge is -2.18. The lowest BCUT2D eigenvalue weighted by molar-refractivity contribution is -0.113. The van der Waals surface area contributed by atoms with Gasteiger partial charge in [0, 0.05) is 27.9 Å². The molecule has 3 N–H and O–H groups in total. The number of hydrogen-bond acceptors (Lipinski definition) is 8. The minimum absolute atomic E-state index is 0.0822. The van der Waals surface area contributed by atoms with Crippen molar-refractivity contribution in [2.24, 2.45) is 0 Å². The van der Waals surface area contributed by atoms with Gasteiger partial charge in [-0.3, -0.25) is 19.2 Å². The van der Waals surface area contributed by atoms with E-state index in [-0.39, 0.29) is 33.7 Å². The summed E-state index contributed by atoms with van der Waals surface area (Å²) in [5.41, 5.74) is 1.29. The number of anilines is 1. The van der Waals surface area contributed by atoms with Crippen LogP contribution >= 0.6 is 11.8 Å². The topological polar surface area (TPSA) is 137 Å². The van der Waals surface area contributed by atoms with Gasteiger partial charge in [0.25, 0.3) is 5.56 Å². The molecule has 9 nitrogen and oxygen atoms in total. The van der Waals surface area contributed by atoms with E-state index >= 15 is 0 Å². The third-order valence-corrected chi connectivity index (χ3v) is 5.50. The Morgan fingerprint density at radius 1 is 1.00 bits per heavy atom. The van der Waals surface area contributed by atoms with Crippen molar-refractivity contribution in [2.75, 3.05) is 16.9 Å². The summed E-state index contributed by atoms with van der Waals surface area (Å²) in [7, 11) is 0. The standard InChI is InChI=1S/C20H15N5O4S/c1-10-19(29)25(21)20(24-23-10)30-9-16(26)22-11-6-7-14-15(8-11)18(28)13-5-3-2-4-12(13)17(14)27/h2-8H,9,21H2,1H3,(H,22,26). The molecule has 4 rings (SSSR count). The molecule has 1 aliphatic rings. The van der Waals surface area contributed by atoms with Crippen LogP contribution in [0.5, 0.6) is 0 Å². The summed E-state index contributed by atoms with van der Waals surface area (Å²) in [4.78, 5) is 49.5. The van der Waals surface area contributed by atoms with E-state index < -0.39 is 11.5 Å². The summed E-state index contributed by atoms with van der Waals surface area (Å²) in [6.07, 6.45) is 0. The van der Waals surface area contributed by atoms with Crippen molar-refractivity contribution in [3.8, 4) is 0 Å². The van der Waals surface area contributed by atoms with Gasteiger partial charge in [0.05, 0.1) is 5.75 Å². The number of aromatic nitrogens is 3. The van der Waals surface area contributed by atoms with Gasteiger partial charge in [-0.1, -0.05) is 36.0 Å². The summed E-state index contributed by atoms with van der Waals surface area (Å²) < 4.78 is 0.834. The molecule has 0 fully saturated rings. The Labute approximate surface area is 174 Å². The van der Waals surface area contributed by atoms with E-state index in [0.717, 1.165) is 16.4 Å². The summed E-state index contributed by atoms with van der Waals surface area (Å²) in [5.74, 6) is 4.67. The Hall–Kier alpha value is -3.79. The average Bonchev–Trinajstić information content (AvgIpc) is 2.75. The van der Waals surface area contributed by atoms with Crippen molar-refractivity contribution >= 4 is 34.9 Å². The zero-order valence-electron chi connectivity index (χ0n) is 15.7. The molecule has 0 saturated heterocycles. The second-order valence-corrected chi connectivity index (χ2v) is 7.49. The molecule has 0 aliphatic heterocycles. The molecule has 0 radical (unpaired) electrons. The molecule has 0 saturated carbocycles. The van der Waals surface area contributed by atoms with Crippen molar-refractivity contribution in [1.82, 2.24) is 14.9 Å². The van der Waals surface area contributed by atoms with Gasteiger partial charge < -0.3 is 11.2 Å². The highest BCUT2D eigenvalue weighted by molar-refractivity contribution is 7.99. The third kappa shape index (κ3) is 3.37. The Kier molecular flexibility index (Phi) is 4.92. The summed E-state index contributed by atoms with van der Waals surface area (Å²) >= 11 is 0.949. The molecule has 30 heavy (non-hydrogen) atoms. The first-order valence-corrected chi connectivity index (χ1v) is 9.82. The maximum Gasteiger partial charge on any atom is 0.294 e. The molecule has 10 heteroatoms. The number of nitrogens with two attached hydrogens (primary N) is 1. The molecule has 1 amide bonds. The highest BCUT2D eigenvalue weighted by Crippen LogP contribution is 2.29. The van der Waals surface area contributed by atoms with Crippen LogP contribution in [0.2, 0.25) is 0 Å². The molecular formula is C20H15N5O4S. The monoisotopic (exact) mass is 421 g/mol. The van der Waals surface area contributed by atoms with Gasteiger partial charge in [0.15, 0.2) is 11.6 Å². The number of amides is 1. The number of hydrogen-bond donors (Lipinski definition) is 2. The van der Waals surface area contributed by atoms with Crippen LogP contribution in [0.1, 0.15) is 37.5 Å². The zero-order valence-corrected chi connectivity index (χ0v) is 16.5. The average molecular weight is 421 g/mol. The fraction of sp³-hybridized carbons (Fsp3) is 0.100. The van der Waals surface area contributed by atoms with Crippen LogP contribution in [0.25, 0.3) is 0 Å². The van der Waals surface area contributed by atoms with Crippen LogP contribution in [0.15, 0.2) is 52.4 Å². The molecule has 150 valence electrons. The predicted molar refractivity (Wildman–Crippen MR) is 110 cm³/mol. The summed E-state index contributed by atoms with van der Waals surface area (Å²) in [5, 5.41) is 10.3. The van der Waals surface area contributed by atoms with Gasteiger partial charge >= 0.3 is 0 Å². The first-order valence-electron chi connectivity index (χ1n) is 8.83. The zero-order chi connectivity index (χ0) is 21.4. The molecule has 1 aliphatic carbocycles. The number of nitrogens with one attached hydrogen (secondary N) is 1. The van der Waals surface area contributed by atoms with Crippen molar-refractivity contribution in [3.05, 3.63) is 80.8 Å². The molecule has 2 aromatic carbocycles. The predicted octanol–water partition coefficient (Wildman–Crippen LogP) is 1.17. The fourth-order valence-corrected chi connectivity index (χ4v) is 3.73. The number of nitrogens with zero attached hydrogens (tertiary/aromatic N) is 3. The van der Waals surface area contributed by atoms with Crippen molar-refractivity contribution in [1.29, 1.82) is 0 Å². The van der Waals surface area contributed by atoms with Gasteiger partial charge in [0.2, 0.25) is 11.1 Å². The third-order valence-electron chi connectivity index (χ3n) is 4.56. The Morgan fingerprint density at radius 2 is 1.63 bits per heavy atom. The number of fused-ring (bicyclic) bond motifs is 2. The second kappa shape index (κ2) is 7.56. The van der Waals surface area contributed by atoms with E-state index in [4.69, 9.17) is 5.84 Å². The number of nitrogen functional groups attached to an aromatic ring is 1. The van der Waals surface area contributed by atoms with Gasteiger partial charge in [-0.15, -0.1) is 10.2 Å². The minimum atomic E-state index is -0.494. The van der Waals surface area contributed by atoms with E-state index in [0.29, 0.717) is 22.4 Å². The van der Waals surface area contributed by atoms with Gasteiger partial charge in [0.1, 0.15) is 5.69 Å². The van der Waals surface area contributed by atoms with E-state index in [9.17, 15) is 19.2 Å². The molecule has 0 bridgehead atoms. The number of rotatable bonds is 4. The number of benzene rings is 2. The molecule has 3 aromatic rings. The largest absolute Gasteiger partial charge is 0.334 e. The van der Waals surface area contributed by atoms with Crippen molar-refractivity contribution in [2.45, 2.75) is 12.1 Å². The fourth-order valence-electron chi connectivity index (χ4n) is 3.07. The molecule has 0 unspecified atom stereocenters. The number of carbonyl (C=O) groups is 3. The number of ketones is 2. The van der Waals surface area contributed by atoms with E-state index in [1.807, 2.05) is 0 Å². The van der Waals surface area contributed by atoms with Crippen LogP contribution in [-0.2, 0) is 4.79 Å². The first-order chi connectivity index (χ1) is 14.4. The smallest absolute Gasteiger partial charge is 0.294 e. The molecule has 1 heterocycles. The maximum atomic E-state index is 12.8. The molecule has 0 atom stereocenters. The highest BCUT2D eigenvalue weighted by atomic mass is 32.2. The summed E-state index contributed by atoms with van der Waals surface area (Å²) in [6, 6.07) is 11.2. The van der Waals surface area contributed by atoms with Gasteiger partial charge in [-0.2, -0.15) is 4.68 Å². The SMILES string of the molecule is Cc1nnc(SCC(=O)Nc2ccc3c(c2)C(=O)c2ccccc2C3=O)n(N)c1=O. The number of aryl methyl sites for hydroxylation is 1. The second-order valence-electron chi connectivity index (χ2n) is 6.54. The summed E-state index contributed by atoms with van der Waals surface area (Å²) in [6.45, 7) is 1.49. The Bertz CT molecular complexity index is 1280. The van der Waals surface area contributed by atoms with E-state index in [2.05, 4.69) is 15.5 Å². The quantitative estimate of drug-likeness (QED) is 0.370. The Morgan fingerprint density at radius 3 is 2.33 bits per heavy atom. The van der Waals surface area contributed by atoms with Gasteiger partial charge in [-0.05, 0) is 25.1 Å². The maximum absolute atomic E-state index is 12.8. The van der Waals surface area contributed by atoms with E-state index in [1.54, 1.807) is 30.3 Å². The normalized spacial score (nSPS) is 12.3. The van der Waals surface area contributed by atoms with Gasteiger partial charge in [-0.25, -0.2) is 0 Å². The van der Waals surface area contributed by atoms with Crippen molar-refractivity contribution < 1.29 is 14.4 Å². The highest BCUT2D eigenvalue weighted by Gasteiger charge is 2.29. The van der Waals surface area contributed by atoms with Crippen molar-refractivity contribution in [3.63, 3.8) is 0 Å². The van der Waals surface area contributed by atoms with E-state index in [1.165, 1.54) is 19.1 Å². The number of carbonyl (C=O) groups excluding carboxylic acids is 3. The molecule has 0 spiro atoms. The van der Waals surface area contributed by atoms with Crippen LogP contribution < -0.4 is 16.7 Å². The van der Waals surface area contributed by atoms with Crippen LogP contribution in [-0.4, -0.2) is 38.1 Å². The van der Waals surface area contributed by atoms with Crippen LogP contribution in [0.3, 0.4) is 0 Å². The Balaban J connectivity index is 1.51. The first kappa shape index (κ1) is 19.5.